The van der Waals surface area contributed by atoms with Crippen LogP contribution in [0.15, 0.2) is 17.1 Å². The van der Waals surface area contributed by atoms with E-state index in [9.17, 15) is 0 Å². The molecule has 0 unspecified atom stereocenters. The molecule has 0 bridgehead atoms. The third-order valence-electron chi connectivity index (χ3n) is 1.13. The van der Waals surface area contributed by atoms with E-state index in [0.717, 1.165) is 5.57 Å². The first kappa shape index (κ1) is 10.5. The van der Waals surface area contributed by atoms with Crippen LogP contribution in [0.1, 0.15) is 6.92 Å². The van der Waals surface area contributed by atoms with Crippen LogP contribution in [0, 0.1) is 5.41 Å². The van der Waals surface area contributed by atoms with Gasteiger partial charge in [0.25, 0.3) is 0 Å². The summed E-state index contributed by atoms with van der Waals surface area (Å²) in [6.45, 7) is 6.22. The molecule has 12 heavy (non-hydrogen) atoms. The first-order valence-electron chi connectivity index (χ1n) is 3.47. The van der Waals surface area contributed by atoms with E-state index in [1.54, 1.807) is 11.9 Å². The van der Waals surface area contributed by atoms with Gasteiger partial charge in [0.15, 0.2) is 5.96 Å². The lowest BCUT2D eigenvalue weighted by Gasteiger charge is -2.17. The molecule has 0 saturated carbocycles. The monoisotopic (exact) mass is 169 g/mol. The Hall–Kier alpha value is -1.52. The van der Waals surface area contributed by atoms with E-state index in [0.29, 0.717) is 6.54 Å². The molecule has 0 radical (unpaired) electrons. The van der Waals surface area contributed by atoms with E-state index in [-0.39, 0.29) is 11.9 Å². The van der Waals surface area contributed by atoms with Crippen molar-refractivity contribution in [2.75, 3.05) is 13.6 Å². The largest absolute Gasteiger partial charge is 0.369 e. The van der Waals surface area contributed by atoms with Gasteiger partial charge in [0.05, 0.1) is 0 Å². The zero-order valence-corrected chi connectivity index (χ0v) is 7.46. The highest BCUT2D eigenvalue weighted by atomic mass is 15.2. The van der Waals surface area contributed by atoms with Gasteiger partial charge in [-0.1, -0.05) is 12.2 Å². The van der Waals surface area contributed by atoms with Crippen LogP contribution in [0.2, 0.25) is 0 Å². The van der Waals surface area contributed by atoms with Crippen LogP contribution in [0.3, 0.4) is 0 Å². The van der Waals surface area contributed by atoms with Gasteiger partial charge in [-0.15, -0.1) is 0 Å². The van der Waals surface area contributed by atoms with Gasteiger partial charge < -0.3 is 16.4 Å². The van der Waals surface area contributed by atoms with E-state index >= 15 is 0 Å². The molecule has 0 spiro atoms. The standard InChI is InChI=1S/C7H15N5/c1-5(2)4-12(3)7(10)11-6(8)9/h1,4H2,2-3H3,(H5,8,9,10,11). The Balaban J connectivity index is 4.18. The van der Waals surface area contributed by atoms with Crippen LogP contribution in [0.4, 0.5) is 0 Å². The fraction of sp³-hybridized carbons (Fsp3) is 0.429. The van der Waals surface area contributed by atoms with Crippen molar-refractivity contribution in [1.82, 2.24) is 4.90 Å². The Bertz CT molecular complexity index is 218. The summed E-state index contributed by atoms with van der Waals surface area (Å²) in [7, 11) is 1.76. The molecule has 0 rings (SSSR count). The number of hydrogen-bond acceptors (Lipinski definition) is 1. The maximum absolute atomic E-state index is 6.86. The summed E-state index contributed by atoms with van der Waals surface area (Å²) in [5.74, 6) is -0.0634. The minimum atomic E-state index is -0.291. The average molecular weight is 169 g/mol. The SMILES string of the molecule is C=C(C)CN(C)C(N)=NC(=N)N. The number of rotatable bonds is 2. The van der Waals surface area contributed by atoms with Gasteiger partial charge >= 0.3 is 0 Å². The quantitative estimate of drug-likeness (QED) is 0.301. The zero-order valence-electron chi connectivity index (χ0n) is 7.46. The molecule has 68 valence electrons. The number of aliphatic imine (C=N–C) groups is 1. The summed E-state index contributed by atoms with van der Waals surface area (Å²) in [5, 5.41) is 6.86. The van der Waals surface area contributed by atoms with Crippen molar-refractivity contribution in [2.45, 2.75) is 6.92 Å². The minimum absolute atomic E-state index is 0.227. The molecular formula is C7H15N5. The van der Waals surface area contributed by atoms with Crippen LogP contribution < -0.4 is 11.5 Å². The van der Waals surface area contributed by atoms with Crippen molar-refractivity contribution in [3.05, 3.63) is 12.2 Å². The molecule has 0 aromatic rings. The summed E-state index contributed by atoms with van der Waals surface area (Å²) >= 11 is 0. The zero-order chi connectivity index (χ0) is 9.72. The average Bonchev–Trinajstić information content (AvgIpc) is 1.84. The van der Waals surface area contributed by atoms with Crippen LogP contribution in [-0.2, 0) is 0 Å². The molecule has 0 aromatic carbocycles. The van der Waals surface area contributed by atoms with Gasteiger partial charge in [0, 0.05) is 13.6 Å². The predicted molar refractivity (Wildman–Crippen MR) is 51.0 cm³/mol. The predicted octanol–water partition coefficient (Wildman–Crippen LogP) is -0.298. The topological polar surface area (TPSA) is 91.5 Å². The number of guanidine groups is 2. The lowest BCUT2D eigenvalue weighted by atomic mass is 10.3. The molecule has 0 atom stereocenters. The lowest BCUT2D eigenvalue weighted by Crippen LogP contribution is -2.36. The summed E-state index contributed by atoms with van der Waals surface area (Å²) < 4.78 is 0. The Labute approximate surface area is 72.3 Å². The van der Waals surface area contributed by atoms with E-state index in [1.807, 2.05) is 6.92 Å². The van der Waals surface area contributed by atoms with Gasteiger partial charge in [-0.05, 0) is 6.92 Å². The molecular weight excluding hydrogens is 154 g/mol. The Morgan fingerprint density at radius 3 is 2.42 bits per heavy atom. The third kappa shape index (κ3) is 4.32. The number of nitrogens with one attached hydrogen (secondary N) is 1. The Morgan fingerprint density at radius 1 is 1.58 bits per heavy atom. The molecule has 0 aliphatic rings. The normalized spacial score (nSPS) is 11.0. The first-order valence-corrected chi connectivity index (χ1v) is 3.47. The van der Waals surface area contributed by atoms with E-state index < -0.39 is 0 Å². The highest BCUT2D eigenvalue weighted by Gasteiger charge is 2.00. The summed E-state index contributed by atoms with van der Waals surface area (Å²) in [4.78, 5) is 5.24. The third-order valence-corrected chi connectivity index (χ3v) is 1.13. The van der Waals surface area contributed by atoms with Crippen LogP contribution in [0.25, 0.3) is 0 Å². The van der Waals surface area contributed by atoms with E-state index in [4.69, 9.17) is 16.9 Å². The summed E-state index contributed by atoms with van der Waals surface area (Å²) in [6, 6.07) is 0. The van der Waals surface area contributed by atoms with Crippen LogP contribution >= 0.6 is 0 Å². The molecule has 0 heterocycles. The number of nitrogens with zero attached hydrogens (tertiary/aromatic N) is 2. The van der Waals surface area contributed by atoms with Crippen molar-refractivity contribution in [1.29, 1.82) is 5.41 Å². The smallest absolute Gasteiger partial charge is 0.215 e. The minimum Gasteiger partial charge on any atom is -0.369 e. The van der Waals surface area contributed by atoms with Gasteiger partial charge in [0.2, 0.25) is 5.96 Å². The molecule has 5 N–H and O–H groups in total. The number of likely N-dealkylation sites (N-methyl/N-ethyl adjacent to an activating group) is 1. The van der Waals surface area contributed by atoms with Gasteiger partial charge in [-0.25, -0.2) is 0 Å². The molecule has 0 aromatic heterocycles. The van der Waals surface area contributed by atoms with Gasteiger partial charge in [0.1, 0.15) is 0 Å². The first-order chi connectivity index (χ1) is 5.43. The molecule has 5 nitrogen and oxygen atoms in total. The second kappa shape index (κ2) is 4.38. The molecule has 0 saturated heterocycles. The fourth-order valence-corrected chi connectivity index (χ4v) is 0.695. The highest BCUT2D eigenvalue weighted by molar-refractivity contribution is 5.91. The van der Waals surface area contributed by atoms with Gasteiger partial charge in [-0.2, -0.15) is 4.99 Å². The van der Waals surface area contributed by atoms with Crippen LogP contribution in [-0.4, -0.2) is 30.4 Å². The second-order valence-electron chi connectivity index (χ2n) is 2.67. The molecule has 0 amide bonds. The maximum atomic E-state index is 6.86. The van der Waals surface area contributed by atoms with Crippen LogP contribution in [0.5, 0.6) is 0 Å². The Kier molecular flexibility index (Phi) is 3.82. The van der Waals surface area contributed by atoms with E-state index in [1.165, 1.54) is 0 Å². The molecule has 0 fully saturated rings. The highest BCUT2D eigenvalue weighted by Crippen LogP contribution is 1.91. The fourth-order valence-electron chi connectivity index (χ4n) is 0.695. The van der Waals surface area contributed by atoms with Gasteiger partial charge in [-0.3, -0.25) is 5.41 Å². The lowest BCUT2D eigenvalue weighted by molar-refractivity contribution is 0.544. The van der Waals surface area contributed by atoms with Crippen molar-refractivity contribution >= 4 is 11.9 Å². The second-order valence-corrected chi connectivity index (χ2v) is 2.67. The number of hydrogen-bond donors (Lipinski definition) is 3. The van der Waals surface area contributed by atoms with Crippen molar-refractivity contribution in [3.8, 4) is 0 Å². The summed E-state index contributed by atoms with van der Waals surface area (Å²) in [5.41, 5.74) is 11.5. The molecule has 0 aliphatic carbocycles. The molecule has 5 heteroatoms. The van der Waals surface area contributed by atoms with Crippen molar-refractivity contribution in [3.63, 3.8) is 0 Å². The number of nitrogens with two attached hydrogens (primary N) is 2. The van der Waals surface area contributed by atoms with Crippen molar-refractivity contribution < 1.29 is 0 Å². The summed E-state index contributed by atoms with van der Waals surface area (Å²) in [6.07, 6.45) is 0. The Morgan fingerprint density at radius 2 is 2.08 bits per heavy atom. The maximum Gasteiger partial charge on any atom is 0.215 e. The molecule has 0 aliphatic heterocycles. The van der Waals surface area contributed by atoms with E-state index in [2.05, 4.69) is 11.6 Å². The van der Waals surface area contributed by atoms with Crippen molar-refractivity contribution in [2.24, 2.45) is 16.5 Å².